The van der Waals surface area contributed by atoms with Crippen LogP contribution in [0.15, 0.2) is 65.1 Å². The summed E-state index contributed by atoms with van der Waals surface area (Å²) in [7, 11) is -3.79. The second kappa shape index (κ2) is 6.83. The molecule has 2 aromatic carbocycles. The molecule has 0 aliphatic carbocycles. The quantitative estimate of drug-likeness (QED) is 0.675. The molecule has 1 aliphatic heterocycles. The third-order valence-electron chi connectivity index (χ3n) is 4.84. The zero-order chi connectivity index (χ0) is 19.9. The highest BCUT2D eigenvalue weighted by atomic mass is 32.2. The van der Waals surface area contributed by atoms with Crippen LogP contribution in [0.25, 0.3) is 0 Å². The Morgan fingerprint density at radius 3 is 2.07 bits per heavy atom. The molecule has 0 saturated heterocycles. The van der Waals surface area contributed by atoms with Crippen molar-refractivity contribution in [1.82, 2.24) is 0 Å². The van der Waals surface area contributed by atoms with Crippen LogP contribution < -0.4 is 5.73 Å². The molecule has 6 nitrogen and oxygen atoms in total. The lowest BCUT2D eigenvalue weighted by Gasteiger charge is -2.16. The number of anilines is 1. The zero-order valence-corrected chi connectivity index (χ0v) is 16.0. The highest BCUT2D eigenvalue weighted by Gasteiger charge is 2.52. The van der Waals surface area contributed by atoms with Crippen LogP contribution >= 0.6 is 0 Å². The second-order valence-electron chi connectivity index (χ2n) is 6.51. The van der Waals surface area contributed by atoms with Crippen molar-refractivity contribution in [2.45, 2.75) is 17.4 Å². The molecule has 4 rings (SSSR count). The van der Waals surface area contributed by atoms with E-state index >= 15 is 0 Å². The largest absolute Gasteiger partial charge is 0.462 e. The number of nitrogens with two attached hydrogens (primary N) is 1. The van der Waals surface area contributed by atoms with Gasteiger partial charge in [0.05, 0.1) is 6.61 Å². The minimum atomic E-state index is -3.79. The Bertz CT molecular complexity index is 1120. The monoisotopic (exact) mass is 397 g/mol. The Morgan fingerprint density at radius 1 is 1.00 bits per heavy atom. The van der Waals surface area contributed by atoms with E-state index in [2.05, 4.69) is 0 Å². The number of benzene rings is 2. The van der Waals surface area contributed by atoms with E-state index < -0.39 is 26.3 Å². The summed E-state index contributed by atoms with van der Waals surface area (Å²) in [5.74, 6) is -0.629. The fourth-order valence-corrected chi connectivity index (χ4v) is 6.13. The van der Waals surface area contributed by atoms with Crippen molar-refractivity contribution in [3.05, 3.63) is 88.7 Å². The Morgan fingerprint density at radius 2 is 1.54 bits per heavy atom. The van der Waals surface area contributed by atoms with Crippen LogP contribution in [0.5, 0.6) is 0 Å². The molecule has 0 saturated carbocycles. The van der Waals surface area contributed by atoms with Crippen LogP contribution in [0.2, 0.25) is 0 Å². The molecule has 2 N–H and O–H groups in total. The third-order valence-corrected chi connectivity index (χ3v) is 7.15. The number of nitrogen functional groups attached to an aromatic ring is 1. The number of carbonyl (C=O) groups excluding carboxylic acids is 1. The Labute approximate surface area is 162 Å². The Kier molecular flexibility index (Phi) is 4.47. The van der Waals surface area contributed by atoms with Crippen molar-refractivity contribution in [3.63, 3.8) is 0 Å². The van der Waals surface area contributed by atoms with Gasteiger partial charge in [-0.05, 0) is 18.1 Å². The van der Waals surface area contributed by atoms with Crippen molar-refractivity contribution < 1.29 is 22.4 Å². The molecule has 1 aromatic heterocycles. The second-order valence-corrected chi connectivity index (χ2v) is 8.63. The number of ether oxygens (including phenoxy) is 1. The fourth-order valence-electron chi connectivity index (χ4n) is 3.75. The lowest BCUT2D eigenvalue weighted by atomic mass is 9.98. The lowest BCUT2D eigenvalue weighted by Crippen LogP contribution is -2.17. The van der Waals surface area contributed by atoms with Gasteiger partial charge in [0.25, 0.3) is 0 Å². The maximum atomic E-state index is 13.6. The van der Waals surface area contributed by atoms with E-state index in [9.17, 15) is 13.2 Å². The normalized spacial score (nSPS) is 19.9. The average Bonchev–Trinajstić information content (AvgIpc) is 3.10. The molecule has 2 atom stereocenters. The number of sulfone groups is 1. The van der Waals surface area contributed by atoms with Crippen LogP contribution in [0.4, 0.5) is 5.88 Å². The average molecular weight is 397 g/mol. The number of rotatable bonds is 4. The molecule has 3 aromatic rings. The van der Waals surface area contributed by atoms with Gasteiger partial charge >= 0.3 is 5.97 Å². The summed E-state index contributed by atoms with van der Waals surface area (Å²) in [5.41, 5.74) is 7.37. The smallest absolute Gasteiger partial charge is 0.344 e. The van der Waals surface area contributed by atoms with E-state index in [1.165, 1.54) is 0 Å². The van der Waals surface area contributed by atoms with E-state index in [4.69, 9.17) is 14.9 Å². The van der Waals surface area contributed by atoms with Gasteiger partial charge < -0.3 is 14.9 Å². The predicted molar refractivity (Wildman–Crippen MR) is 105 cm³/mol. The summed E-state index contributed by atoms with van der Waals surface area (Å²) in [4.78, 5) is 12.6. The molecule has 144 valence electrons. The van der Waals surface area contributed by atoms with Crippen LogP contribution in [-0.4, -0.2) is 21.0 Å². The van der Waals surface area contributed by atoms with Gasteiger partial charge in [0.1, 0.15) is 21.8 Å². The Hall–Kier alpha value is -3.06. The topological polar surface area (TPSA) is 99.6 Å². The molecule has 7 heteroatoms. The molecule has 0 fully saturated rings. The maximum absolute atomic E-state index is 13.6. The molecule has 2 heterocycles. The fraction of sp³-hybridized carbons (Fsp3) is 0.190. The summed E-state index contributed by atoms with van der Waals surface area (Å²) in [6.07, 6.45) is 0. The first kappa shape index (κ1) is 18.3. The molecule has 0 spiro atoms. The number of hydrogen-bond donors (Lipinski definition) is 1. The summed E-state index contributed by atoms with van der Waals surface area (Å²) in [5, 5.41) is -2.10. The third kappa shape index (κ3) is 2.70. The van der Waals surface area contributed by atoms with Crippen LogP contribution in [0.1, 0.15) is 50.2 Å². The number of hydrogen-bond acceptors (Lipinski definition) is 6. The lowest BCUT2D eigenvalue weighted by molar-refractivity contribution is 0.0526. The van der Waals surface area contributed by atoms with Crippen molar-refractivity contribution >= 4 is 21.7 Å². The predicted octanol–water partition coefficient (Wildman–Crippen LogP) is 3.65. The van der Waals surface area contributed by atoms with Gasteiger partial charge in [0, 0.05) is 5.56 Å². The highest BCUT2D eigenvalue weighted by molar-refractivity contribution is 7.92. The number of esters is 1. The van der Waals surface area contributed by atoms with Gasteiger partial charge in [-0.25, -0.2) is 13.2 Å². The standard InChI is InChI=1S/C21H19NO5S/c1-2-26-21(23)16-15-17(27-20(16)22)19(14-11-7-4-8-12-14)28(24,25)18(15)13-9-5-3-6-10-13/h3-12,18-19H,2,22H2,1H3/t18-,19+/m1/s1. The first-order valence-corrected chi connectivity index (χ1v) is 10.5. The summed E-state index contributed by atoms with van der Waals surface area (Å²) >= 11 is 0. The van der Waals surface area contributed by atoms with Crippen LogP contribution in [0.3, 0.4) is 0 Å². The van der Waals surface area contributed by atoms with Crippen molar-refractivity contribution in [2.75, 3.05) is 12.3 Å². The van der Waals surface area contributed by atoms with Gasteiger partial charge in [-0.15, -0.1) is 0 Å². The first-order valence-electron chi connectivity index (χ1n) is 8.88. The number of carbonyl (C=O) groups is 1. The molecular weight excluding hydrogens is 378 g/mol. The minimum Gasteiger partial charge on any atom is -0.462 e. The van der Waals surface area contributed by atoms with Gasteiger partial charge in [-0.2, -0.15) is 0 Å². The maximum Gasteiger partial charge on any atom is 0.344 e. The highest BCUT2D eigenvalue weighted by Crippen LogP contribution is 2.54. The molecule has 0 unspecified atom stereocenters. The SMILES string of the molecule is CCOC(=O)c1c(N)oc2c1[C@@H](c1ccccc1)S(=O)(=O)[C@H]2c1ccccc1. The van der Waals surface area contributed by atoms with Gasteiger partial charge in [-0.1, -0.05) is 60.7 Å². The van der Waals surface area contributed by atoms with Gasteiger partial charge in [0.15, 0.2) is 9.84 Å². The summed E-state index contributed by atoms with van der Waals surface area (Å²) in [6, 6.07) is 17.5. The van der Waals surface area contributed by atoms with Crippen molar-refractivity contribution in [1.29, 1.82) is 0 Å². The summed E-state index contributed by atoms with van der Waals surface area (Å²) in [6.45, 7) is 1.82. The molecule has 0 bridgehead atoms. The minimum absolute atomic E-state index is 0.00675. The van der Waals surface area contributed by atoms with Gasteiger partial charge in [0.2, 0.25) is 5.88 Å². The van der Waals surface area contributed by atoms with Crippen molar-refractivity contribution in [2.24, 2.45) is 0 Å². The van der Waals surface area contributed by atoms with E-state index in [0.717, 1.165) is 0 Å². The number of fused-ring (bicyclic) bond motifs is 1. The first-order chi connectivity index (χ1) is 13.5. The van der Waals surface area contributed by atoms with Crippen LogP contribution in [0, 0.1) is 0 Å². The Balaban J connectivity index is 2.01. The zero-order valence-electron chi connectivity index (χ0n) is 15.2. The van der Waals surface area contributed by atoms with Gasteiger partial charge in [-0.3, -0.25) is 0 Å². The van der Waals surface area contributed by atoms with E-state index in [0.29, 0.717) is 11.1 Å². The molecule has 1 aliphatic rings. The molecular formula is C21H19NO5S. The summed E-state index contributed by atoms with van der Waals surface area (Å²) < 4.78 is 38.0. The van der Waals surface area contributed by atoms with E-state index in [1.54, 1.807) is 67.6 Å². The number of furan rings is 1. The molecule has 28 heavy (non-hydrogen) atoms. The van der Waals surface area contributed by atoms with Crippen LogP contribution in [-0.2, 0) is 14.6 Å². The van der Waals surface area contributed by atoms with E-state index in [1.807, 2.05) is 0 Å². The molecule has 0 amide bonds. The molecule has 0 radical (unpaired) electrons. The van der Waals surface area contributed by atoms with E-state index in [-0.39, 0.29) is 29.4 Å². The van der Waals surface area contributed by atoms with Crippen molar-refractivity contribution in [3.8, 4) is 0 Å².